The fourth-order valence-corrected chi connectivity index (χ4v) is 3.47. The van der Waals surface area contributed by atoms with Crippen LogP contribution in [0.25, 0.3) is 4.96 Å². The smallest absolute Gasteiger partial charge is 0.315 e. The van der Waals surface area contributed by atoms with Crippen LogP contribution in [0, 0.1) is 5.92 Å². The summed E-state index contributed by atoms with van der Waals surface area (Å²) in [5.41, 5.74) is 0.816. The molecule has 3 rings (SSSR count). The Morgan fingerprint density at radius 3 is 2.82 bits per heavy atom. The van der Waals surface area contributed by atoms with Gasteiger partial charge < -0.3 is 15.7 Å². The van der Waals surface area contributed by atoms with Crippen molar-refractivity contribution in [2.45, 2.75) is 38.3 Å². The number of imidazole rings is 1. The molecule has 2 amide bonds. The summed E-state index contributed by atoms with van der Waals surface area (Å²) in [4.78, 5) is 28.1. The molecule has 0 saturated heterocycles. The van der Waals surface area contributed by atoms with E-state index in [4.69, 9.17) is 5.11 Å². The number of rotatable bonds is 4. The van der Waals surface area contributed by atoms with Gasteiger partial charge in [0.2, 0.25) is 0 Å². The molecule has 0 unspecified atom stereocenters. The predicted molar refractivity (Wildman–Crippen MR) is 81.8 cm³/mol. The normalized spacial score (nSPS) is 21.6. The van der Waals surface area contributed by atoms with E-state index in [0.29, 0.717) is 32.2 Å². The maximum Gasteiger partial charge on any atom is 0.315 e. The standard InChI is InChI=1S/C14H18N4O3S/c19-12(20)9-1-3-10(4-2-9)16-13(21)15-7-11-8-18-5-6-22-14(18)17-11/h5-6,8-10H,1-4,7H2,(H,19,20)(H2,15,16,21). The van der Waals surface area contributed by atoms with Gasteiger partial charge >= 0.3 is 12.0 Å². The molecule has 0 spiro atoms. The summed E-state index contributed by atoms with van der Waals surface area (Å²) in [6.07, 6.45) is 6.49. The number of hydrogen-bond donors (Lipinski definition) is 3. The highest BCUT2D eigenvalue weighted by atomic mass is 32.1. The van der Waals surface area contributed by atoms with Crippen molar-refractivity contribution in [2.75, 3.05) is 0 Å². The molecule has 1 aliphatic carbocycles. The number of nitrogens with one attached hydrogen (secondary N) is 2. The topological polar surface area (TPSA) is 95.7 Å². The number of carboxylic acids is 1. The Kier molecular flexibility index (Phi) is 4.28. The minimum atomic E-state index is -0.734. The van der Waals surface area contributed by atoms with E-state index in [1.165, 1.54) is 0 Å². The SMILES string of the molecule is O=C(NCc1cn2ccsc2n1)NC1CCC(C(=O)O)CC1. The Hall–Kier alpha value is -2.09. The van der Waals surface area contributed by atoms with Crippen molar-refractivity contribution in [3.8, 4) is 0 Å². The van der Waals surface area contributed by atoms with E-state index in [0.717, 1.165) is 10.7 Å². The molecule has 8 heteroatoms. The lowest BCUT2D eigenvalue weighted by Gasteiger charge is -2.26. The van der Waals surface area contributed by atoms with Gasteiger partial charge in [-0.15, -0.1) is 11.3 Å². The summed E-state index contributed by atoms with van der Waals surface area (Å²) >= 11 is 1.55. The van der Waals surface area contributed by atoms with E-state index >= 15 is 0 Å². The number of nitrogens with zero attached hydrogens (tertiary/aromatic N) is 2. The highest BCUT2D eigenvalue weighted by molar-refractivity contribution is 7.15. The van der Waals surface area contributed by atoms with Crippen molar-refractivity contribution in [3.05, 3.63) is 23.5 Å². The zero-order valence-corrected chi connectivity index (χ0v) is 12.8. The average molecular weight is 322 g/mol. The lowest BCUT2D eigenvalue weighted by atomic mass is 9.86. The van der Waals surface area contributed by atoms with Gasteiger partial charge in [-0.1, -0.05) is 0 Å². The fraction of sp³-hybridized carbons (Fsp3) is 0.500. The van der Waals surface area contributed by atoms with Crippen LogP contribution in [0.15, 0.2) is 17.8 Å². The first-order valence-electron chi connectivity index (χ1n) is 7.30. The molecule has 0 radical (unpaired) electrons. The maximum absolute atomic E-state index is 11.9. The van der Waals surface area contributed by atoms with Gasteiger partial charge in [0.1, 0.15) is 0 Å². The molecule has 22 heavy (non-hydrogen) atoms. The van der Waals surface area contributed by atoms with Gasteiger partial charge in [0.05, 0.1) is 18.2 Å². The van der Waals surface area contributed by atoms with Crippen LogP contribution < -0.4 is 10.6 Å². The first-order chi connectivity index (χ1) is 10.6. The molecule has 2 aromatic heterocycles. The third-order valence-corrected chi connectivity index (χ3v) is 4.76. The molecule has 1 aliphatic rings. The van der Waals surface area contributed by atoms with Crippen LogP contribution in [0.3, 0.4) is 0 Å². The number of fused-ring (bicyclic) bond motifs is 1. The van der Waals surface area contributed by atoms with Crippen molar-refractivity contribution in [2.24, 2.45) is 5.92 Å². The summed E-state index contributed by atoms with van der Waals surface area (Å²) in [6.45, 7) is 0.380. The monoisotopic (exact) mass is 322 g/mol. The van der Waals surface area contributed by atoms with Crippen molar-refractivity contribution in [1.29, 1.82) is 0 Å². The number of amides is 2. The summed E-state index contributed by atoms with van der Waals surface area (Å²) in [7, 11) is 0. The number of carbonyl (C=O) groups excluding carboxylic acids is 1. The van der Waals surface area contributed by atoms with E-state index in [2.05, 4.69) is 15.6 Å². The molecular formula is C14H18N4O3S. The van der Waals surface area contributed by atoms with Gasteiger partial charge in [-0.05, 0) is 25.7 Å². The van der Waals surface area contributed by atoms with Gasteiger partial charge in [0, 0.05) is 23.8 Å². The molecule has 3 N–H and O–H groups in total. The Bertz CT molecular complexity index is 644. The predicted octanol–water partition coefficient (Wildman–Crippen LogP) is 1.84. The van der Waals surface area contributed by atoms with Crippen LogP contribution in [0.4, 0.5) is 4.79 Å². The Labute approximate surface area is 131 Å². The van der Waals surface area contributed by atoms with Crippen LogP contribution in [0.1, 0.15) is 31.4 Å². The number of thiazole rings is 1. The van der Waals surface area contributed by atoms with Gasteiger partial charge in [-0.2, -0.15) is 0 Å². The van der Waals surface area contributed by atoms with Gasteiger partial charge in [0.15, 0.2) is 4.96 Å². The summed E-state index contributed by atoms with van der Waals surface area (Å²) in [5.74, 6) is -0.998. The van der Waals surface area contributed by atoms with Crippen molar-refractivity contribution in [1.82, 2.24) is 20.0 Å². The van der Waals surface area contributed by atoms with Crippen LogP contribution in [0.5, 0.6) is 0 Å². The van der Waals surface area contributed by atoms with Gasteiger partial charge in [-0.3, -0.25) is 9.20 Å². The van der Waals surface area contributed by atoms with Gasteiger partial charge in [0.25, 0.3) is 0 Å². The minimum Gasteiger partial charge on any atom is -0.481 e. The molecule has 1 saturated carbocycles. The number of carboxylic acid groups (broad SMARTS) is 1. The quantitative estimate of drug-likeness (QED) is 0.800. The molecule has 0 aliphatic heterocycles. The first kappa shape index (κ1) is 14.8. The molecule has 2 heterocycles. The Morgan fingerprint density at radius 1 is 1.36 bits per heavy atom. The lowest BCUT2D eigenvalue weighted by molar-refractivity contribution is -0.142. The van der Waals surface area contributed by atoms with Crippen molar-refractivity contribution in [3.63, 3.8) is 0 Å². The molecule has 2 aromatic rings. The number of aromatic nitrogens is 2. The molecular weight excluding hydrogens is 304 g/mol. The Balaban J connectivity index is 1.43. The average Bonchev–Trinajstić information content (AvgIpc) is 3.06. The zero-order chi connectivity index (χ0) is 15.5. The van der Waals surface area contributed by atoms with E-state index in [9.17, 15) is 9.59 Å². The van der Waals surface area contributed by atoms with Crippen LogP contribution in [0.2, 0.25) is 0 Å². The third kappa shape index (κ3) is 3.38. The van der Waals surface area contributed by atoms with Gasteiger partial charge in [-0.25, -0.2) is 9.78 Å². The third-order valence-electron chi connectivity index (χ3n) is 3.98. The minimum absolute atomic E-state index is 0.0566. The van der Waals surface area contributed by atoms with E-state index in [-0.39, 0.29) is 18.0 Å². The van der Waals surface area contributed by atoms with E-state index in [1.807, 2.05) is 22.2 Å². The number of aliphatic carboxylic acids is 1. The Morgan fingerprint density at radius 2 is 2.14 bits per heavy atom. The zero-order valence-electron chi connectivity index (χ0n) is 12.0. The van der Waals surface area contributed by atoms with Crippen LogP contribution in [-0.4, -0.2) is 32.5 Å². The fourth-order valence-electron chi connectivity index (χ4n) is 2.75. The van der Waals surface area contributed by atoms with Crippen LogP contribution >= 0.6 is 11.3 Å². The van der Waals surface area contributed by atoms with Crippen molar-refractivity contribution < 1.29 is 14.7 Å². The molecule has 0 atom stereocenters. The first-order valence-corrected chi connectivity index (χ1v) is 8.18. The summed E-state index contributed by atoms with van der Waals surface area (Å²) in [6, 6.07) is -0.170. The number of carbonyl (C=O) groups is 2. The summed E-state index contributed by atoms with van der Waals surface area (Å²) < 4.78 is 1.92. The van der Waals surface area contributed by atoms with Crippen molar-refractivity contribution >= 4 is 28.3 Å². The number of urea groups is 1. The second-order valence-corrected chi connectivity index (χ2v) is 6.41. The van der Waals surface area contributed by atoms with Crippen LogP contribution in [-0.2, 0) is 11.3 Å². The number of hydrogen-bond acceptors (Lipinski definition) is 4. The largest absolute Gasteiger partial charge is 0.481 e. The van der Waals surface area contributed by atoms with E-state index in [1.54, 1.807) is 11.3 Å². The second-order valence-electron chi connectivity index (χ2n) is 5.54. The van der Waals surface area contributed by atoms with E-state index < -0.39 is 5.97 Å². The highest BCUT2D eigenvalue weighted by Crippen LogP contribution is 2.24. The lowest BCUT2D eigenvalue weighted by Crippen LogP contribution is -2.43. The highest BCUT2D eigenvalue weighted by Gasteiger charge is 2.26. The second kappa shape index (κ2) is 6.35. The molecule has 118 valence electrons. The molecule has 7 nitrogen and oxygen atoms in total. The molecule has 0 bridgehead atoms. The molecule has 1 fully saturated rings. The summed E-state index contributed by atoms with van der Waals surface area (Å²) in [5, 5.41) is 16.6. The maximum atomic E-state index is 11.9. The molecule has 0 aromatic carbocycles.